The predicted molar refractivity (Wildman–Crippen MR) is 74.1 cm³/mol. The van der Waals surface area contributed by atoms with Crippen LogP contribution in [-0.2, 0) is 6.42 Å². The lowest BCUT2D eigenvalue weighted by molar-refractivity contribution is -0.148. The number of piperidine rings is 1. The molecule has 2 rings (SSSR count). The van der Waals surface area contributed by atoms with Gasteiger partial charge >= 0.3 is 6.18 Å². The summed E-state index contributed by atoms with van der Waals surface area (Å²) in [5.41, 5.74) is 1.05. The van der Waals surface area contributed by atoms with E-state index in [1.165, 1.54) is 4.90 Å². The summed E-state index contributed by atoms with van der Waals surface area (Å²) >= 11 is 1.66. The van der Waals surface area contributed by atoms with Crippen LogP contribution in [0.3, 0.4) is 0 Å². The Kier molecular flexibility index (Phi) is 5.40. The molecule has 7 heteroatoms. The van der Waals surface area contributed by atoms with Crippen molar-refractivity contribution < 1.29 is 13.2 Å². The van der Waals surface area contributed by atoms with Gasteiger partial charge in [0.25, 0.3) is 0 Å². The van der Waals surface area contributed by atoms with Crippen molar-refractivity contribution in [3.8, 4) is 0 Å². The van der Waals surface area contributed by atoms with E-state index >= 15 is 0 Å². The van der Waals surface area contributed by atoms with Crippen molar-refractivity contribution in [3.05, 3.63) is 16.1 Å². The Morgan fingerprint density at radius 1 is 1.40 bits per heavy atom. The summed E-state index contributed by atoms with van der Waals surface area (Å²) < 4.78 is 36.8. The molecule has 0 saturated carbocycles. The smallest absolute Gasteiger partial charge is 0.313 e. The van der Waals surface area contributed by atoms with E-state index in [-0.39, 0.29) is 0 Å². The topological polar surface area (TPSA) is 28.2 Å². The quantitative estimate of drug-likeness (QED) is 0.906. The van der Waals surface area contributed by atoms with Crippen LogP contribution >= 0.6 is 11.3 Å². The van der Waals surface area contributed by atoms with E-state index in [1.54, 1.807) is 11.3 Å². The summed E-state index contributed by atoms with van der Waals surface area (Å²) in [6.45, 7) is 3.08. The molecule has 0 unspecified atom stereocenters. The van der Waals surface area contributed by atoms with Crippen LogP contribution in [0.25, 0.3) is 0 Å². The largest absolute Gasteiger partial charge is 0.401 e. The molecule has 1 aliphatic heterocycles. The molecule has 0 atom stereocenters. The Balaban J connectivity index is 1.62. The zero-order chi connectivity index (χ0) is 14.6. The molecule has 114 valence electrons. The number of alkyl halides is 3. The van der Waals surface area contributed by atoms with Gasteiger partial charge in [-0.05, 0) is 32.9 Å². The van der Waals surface area contributed by atoms with E-state index in [4.69, 9.17) is 0 Å². The van der Waals surface area contributed by atoms with Crippen LogP contribution in [0.1, 0.15) is 23.5 Å². The maximum Gasteiger partial charge on any atom is 0.401 e. The fourth-order valence-corrected chi connectivity index (χ4v) is 3.23. The number of rotatable bonds is 5. The summed E-state index contributed by atoms with van der Waals surface area (Å²) in [4.78, 5) is 5.88. The highest BCUT2D eigenvalue weighted by atomic mass is 32.1. The summed E-state index contributed by atoms with van der Waals surface area (Å²) in [5.74, 6) is 0. The number of thiazole rings is 1. The highest BCUT2D eigenvalue weighted by Gasteiger charge is 2.32. The van der Waals surface area contributed by atoms with E-state index in [0.29, 0.717) is 19.1 Å². The van der Waals surface area contributed by atoms with Crippen molar-refractivity contribution in [1.29, 1.82) is 0 Å². The second kappa shape index (κ2) is 6.87. The van der Waals surface area contributed by atoms with Crippen molar-refractivity contribution in [2.24, 2.45) is 0 Å². The van der Waals surface area contributed by atoms with Crippen molar-refractivity contribution >= 4 is 11.3 Å². The fraction of sp³-hybridized carbons (Fsp3) is 0.769. The van der Waals surface area contributed by atoms with Crippen molar-refractivity contribution in [2.75, 3.05) is 26.2 Å². The third kappa shape index (κ3) is 5.38. The highest BCUT2D eigenvalue weighted by molar-refractivity contribution is 7.09. The van der Waals surface area contributed by atoms with Gasteiger partial charge in [0, 0.05) is 30.1 Å². The van der Waals surface area contributed by atoms with Gasteiger partial charge < -0.3 is 5.32 Å². The van der Waals surface area contributed by atoms with Gasteiger partial charge in [-0.25, -0.2) is 4.98 Å². The molecule has 1 fully saturated rings. The molecule has 1 aliphatic rings. The lowest BCUT2D eigenvalue weighted by atomic mass is 10.1. The monoisotopic (exact) mass is 307 g/mol. The first-order chi connectivity index (χ1) is 9.42. The Morgan fingerprint density at radius 3 is 2.65 bits per heavy atom. The molecule has 0 aliphatic carbocycles. The number of nitrogens with zero attached hydrogens (tertiary/aromatic N) is 2. The zero-order valence-corrected chi connectivity index (χ0v) is 12.4. The molecule has 0 bridgehead atoms. The molecule has 1 N–H and O–H groups in total. The SMILES string of the molecule is Cc1csc(CCNC2CCN(CC(F)(F)F)CC2)n1. The van der Waals surface area contributed by atoms with Gasteiger partial charge in [-0.1, -0.05) is 0 Å². The molecule has 2 heterocycles. The Hall–Kier alpha value is -0.660. The first-order valence-electron chi connectivity index (χ1n) is 6.86. The van der Waals surface area contributed by atoms with Gasteiger partial charge in [-0.15, -0.1) is 11.3 Å². The van der Waals surface area contributed by atoms with Crippen LogP contribution in [0.5, 0.6) is 0 Å². The third-order valence-corrected chi connectivity index (χ3v) is 4.46. The summed E-state index contributed by atoms with van der Waals surface area (Å²) in [7, 11) is 0. The van der Waals surface area contributed by atoms with Gasteiger partial charge in [0.15, 0.2) is 0 Å². The van der Waals surface area contributed by atoms with E-state index in [2.05, 4.69) is 10.3 Å². The first-order valence-corrected chi connectivity index (χ1v) is 7.74. The van der Waals surface area contributed by atoms with Crippen LogP contribution in [0.15, 0.2) is 5.38 Å². The summed E-state index contributed by atoms with van der Waals surface area (Å²) in [6, 6.07) is 0.334. The highest BCUT2D eigenvalue weighted by Crippen LogP contribution is 2.19. The average Bonchev–Trinajstić information content (AvgIpc) is 2.75. The molecule has 0 aromatic carbocycles. The molecular formula is C13H20F3N3S. The number of hydrogen-bond donors (Lipinski definition) is 1. The molecule has 0 amide bonds. The Bertz CT molecular complexity index is 411. The number of hydrogen-bond acceptors (Lipinski definition) is 4. The normalized spacial score (nSPS) is 18.6. The predicted octanol–water partition coefficient (Wildman–Crippen LogP) is 2.61. The number of aromatic nitrogens is 1. The van der Waals surface area contributed by atoms with Crippen molar-refractivity contribution in [1.82, 2.24) is 15.2 Å². The van der Waals surface area contributed by atoms with Gasteiger partial charge in [-0.2, -0.15) is 13.2 Å². The van der Waals surface area contributed by atoms with Gasteiger partial charge in [0.2, 0.25) is 0 Å². The number of aryl methyl sites for hydroxylation is 1. The lowest BCUT2D eigenvalue weighted by Gasteiger charge is -2.32. The fourth-order valence-electron chi connectivity index (χ4n) is 2.45. The number of likely N-dealkylation sites (tertiary alicyclic amines) is 1. The Labute approximate surface area is 121 Å². The summed E-state index contributed by atoms with van der Waals surface area (Å²) in [6.07, 6.45) is -1.62. The minimum absolute atomic E-state index is 0.334. The lowest BCUT2D eigenvalue weighted by Crippen LogP contribution is -2.45. The second-order valence-corrected chi connectivity index (χ2v) is 6.20. The van der Waals surface area contributed by atoms with Crippen LogP contribution in [0, 0.1) is 6.92 Å². The van der Waals surface area contributed by atoms with Crippen LogP contribution in [0.4, 0.5) is 13.2 Å². The minimum Gasteiger partial charge on any atom is -0.313 e. The number of nitrogens with one attached hydrogen (secondary N) is 1. The molecule has 1 saturated heterocycles. The Morgan fingerprint density at radius 2 is 2.10 bits per heavy atom. The number of halogens is 3. The molecule has 1 aromatic heterocycles. The van der Waals surface area contributed by atoms with E-state index < -0.39 is 12.7 Å². The van der Waals surface area contributed by atoms with E-state index in [9.17, 15) is 13.2 Å². The average molecular weight is 307 g/mol. The first kappa shape index (κ1) is 15.7. The minimum atomic E-state index is -4.08. The maximum absolute atomic E-state index is 12.3. The van der Waals surface area contributed by atoms with Crippen LogP contribution in [-0.4, -0.2) is 48.3 Å². The van der Waals surface area contributed by atoms with Gasteiger partial charge in [0.1, 0.15) is 0 Å². The molecule has 3 nitrogen and oxygen atoms in total. The molecule has 0 spiro atoms. The van der Waals surface area contributed by atoms with Crippen molar-refractivity contribution in [3.63, 3.8) is 0 Å². The van der Waals surface area contributed by atoms with Gasteiger partial charge in [0.05, 0.1) is 11.6 Å². The summed E-state index contributed by atoms with van der Waals surface area (Å²) in [5, 5.41) is 6.57. The molecule has 0 radical (unpaired) electrons. The zero-order valence-electron chi connectivity index (χ0n) is 11.5. The van der Waals surface area contributed by atoms with Gasteiger partial charge in [-0.3, -0.25) is 4.90 Å². The van der Waals surface area contributed by atoms with Crippen LogP contribution in [0.2, 0.25) is 0 Å². The molecular weight excluding hydrogens is 287 g/mol. The second-order valence-electron chi connectivity index (χ2n) is 5.25. The van der Waals surface area contributed by atoms with Crippen molar-refractivity contribution in [2.45, 2.75) is 38.4 Å². The van der Waals surface area contributed by atoms with E-state index in [0.717, 1.165) is 36.5 Å². The van der Waals surface area contributed by atoms with E-state index in [1.807, 2.05) is 12.3 Å². The van der Waals surface area contributed by atoms with Crippen LogP contribution < -0.4 is 5.32 Å². The molecule has 1 aromatic rings. The maximum atomic E-state index is 12.3. The third-order valence-electron chi connectivity index (χ3n) is 3.43. The standard InChI is InChI=1S/C13H20F3N3S/c1-10-8-20-12(18-10)2-5-17-11-3-6-19(7-4-11)9-13(14,15)16/h8,11,17H,2-7,9H2,1H3. The molecule has 20 heavy (non-hydrogen) atoms.